The molecule has 4 N–H and O–H groups in total. The Hall–Kier alpha value is -5.77. The predicted molar refractivity (Wildman–Crippen MR) is 159 cm³/mol. The van der Waals surface area contributed by atoms with Crippen LogP contribution in [0.25, 0.3) is 22.3 Å². The largest absolute Gasteiger partial charge is 0.456 e. The molecule has 0 radical (unpaired) electrons. The lowest BCUT2D eigenvalue weighted by atomic mass is 10.0. The van der Waals surface area contributed by atoms with Crippen LogP contribution in [0.3, 0.4) is 0 Å². The minimum Gasteiger partial charge on any atom is -0.456 e. The van der Waals surface area contributed by atoms with Crippen molar-refractivity contribution in [1.82, 2.24) is 5.32 Å². The highest BCUT2D eigenvalue weighted by atomic mass is 16.6. The van der Waals surface area contributed by atoms with E-state index in [1.165, 1.54) is 30.3 Å². The maximum atomic E-state index is 12.9. The van der Waals surface area contributed by atoms with Crippen LogP contribution in [-0.2, 0) is 17.8 Å². The highest BCUT2D eigenvalue weighted by molar-refractivity contribution is 5.97. The maximum absolute atomic E-state index is 12.9. The van der Waals surface area contributed by atoms with Gasteiger partial charge in [-0.15, -0.1) is 0 Å². The molecule has 5 aromatic rings. The van der Waals surface area contributed by atoms with Gasteiger partial charge in [-0.3, -0.25) is 24.5 Å². The molecule has 0 bridgehead atoms. The number of carbonyl (C=O) groups excluding carboxylic acids is 2. The van der Waals surface area contributed by atoms with Crippen molar-refractivity contribution < 1.29 is 18.9 Å². The second-order valence-corrected chi connectivity index (χ2v) is 9.63. The van der Waals surface area contributed by atoms with Crippen LogP contribution in [0.15, 0.2) is 112 Å². The highest BCUT2D eigenvalue weighted by Crippen LogP contribution is 2.31. The number of nitrogens with zero attached hydrogens (tertiary/aromatic N) is 1. The molecule has 1 heterocycles. The fourth-order valence-electron chi connectivity index (χ4n) is 4.52. The molecule has 0 unspecified atom stereocenters. The average Bonchev–Trinajstić information content (AvgIpc) is 3.00. The molecular weight excluding hydrogens is 536 g/mol. The number of rotatable bonds is 10. The zero-order valence-corrected chi connectivity index (χ0v) is 22.3. The quantitative estimate of drug-likeness (QED) is 0.163. The van der Waals surface area contributed by atoms with E-state index in [-0.39, 0.29) is 40.1 Å². The van der Waals surface area contributed by atoms with Crippen molar-refractivity contribution in [1.29, 1.82) is 0 Å². The van der Waals surface area contributed by atoms with Crippen molar-refractivity contribution in [2.75, 3.05) is 5.32 Å². The van der Waals surface area contributed by atoms with Crippen molar-refractivity contribution in [2.45, 2.75) is 19.0 Å². The van der Waals surface area contributed by atoms with Gasteiger partial charge in [0.1, 0.15) is 23.1 Å². The van der Waals surface area contributed by atoms with Gasteiger partial charge in [-0.05, 0) is 23.3 Å². The van der Waals surface area contributed by atoms with E-state index >= 15 is 0 Å². The van der Waals surface area contributed by atoms with Gasteiger partial charge in [0.25, 0.3) is 11.6 Å². The van der Waals surface area contributed by atoms with E-state index in [9.17, 15) is 24.5 Å². The summed E-state index contributed by atoms with van der Waals surface area (Å²) in [6.07, 6.45) is 0.253. The summed E-state index contributed by atoms with van der Waals surface area (Å²) in [5.41, 5.74) is 7.79. The van der Waals surface area contributed by atoms with E-state index in [4.69, 9.17) is 10.2 Å². The summed E-state index contributed by atoms with van der Waals surface area (Å²) in [7, 11) is 0. The van der Waals surface area contributed by atoms with Gasteiger partial charge < -0.3 is 20.8 Å². The molecular formula is C32H26N4O6. The zero-order valence-electron chi connectivity index (χ0n) is 22.3. The molecule has 0 aliphatic rings. The first-order chi connectivity index (χ1) is 20.3. The summed E-state index contributed by atoms with van der Waals surface area (Å²) >= 11 is 0. The van der Waals surface area contributed by atoms with Crippen molar-refractivity contribution in [3.63, 3.8) is 0 Å². The lowest BCUT2D eigenvalue weighted by molar-refractivity contribution is -0.383. The van der Waals surface area contributed by atoms with E-state index in [1.54, 1.807) is 12.1 Å². The number of hydrogen-bond donors (Lipinski definition) is 3. The number of amides is 2. The van der Waals surface area contributed by atoms with Crippen molar-refractivity contribution in [2.24, 2.45) is 5.73 Å². The number of fused-ring (bicyclic) bond motifs is 1. The Kier molecular flexibility index (Phi) is 8.05. The molecule has 5 rings (SSSR count). The molecule has 2 amide bonds. The second kappa shape index (κ2) is 12.2. The number of benzene rings is 4. The van der Waals surface area contributed by atoms with Gasteiger partial charge in [-0.25, -0.2) is 0 Å². The van der Waals surface area contributed by atoms with Crippen molar-refractivity contribution in [3.8, 4) is 11.3 Å². The first-order valence-electron chi connectivity index (χ1n) is 13.1. The summed E-state index contributed by atoms with van der Waals surface area (Å²) in [5.74, 6) is -0.913. The van der Waals surface area contributed by atoms with E-state index in [2.05, 4.69) is 10.6 Å². The number of nitrogens with two attached hydrogens (primary N) is 1. The number of nitrogens with one attached hydrogen (secondary N) is 2. The summed E-state index contributed by atoms with van der Waals surface area (Å²) in [6.45, 7) is 0.336. The Morgan fingerprint density at radius 3 is 2.14 bits per heavy atom. The fraction of sp³-hybridized carbons (Fsp3) is 0.0938. The smallest absolute Gasteiger partial charge is 0.293 e. The molecule has 10 nitrogen and oxygen atoms in total. The molecule has 10 heteroatoms. The normalized spacial score (nSPS) is 11.5. The Bertz CT molecular complexity index is 1820. The van der Waals surface area contributed by atoms with Gasteiger partial charge >= 0.3 is 0 Å². The first kappa shape index (κ1) is 27.8. The Balaban J connectivity index is 1.38. The number of anilines is 1. The van der Waals surface area contributed by atoms with Crippen molar-refractivity contribution >= 4 is 34.2 Å². The molecule has 0 saturated carbocycles. The van der Waals surface area contributed by atoms with Crippen LogP contribution in [0.1, 0.15) is 21.5 Å². The molecule has 0 saturated heterocycles. The molecule has 42 heavy (non-hydrogen) atoms. The Morgan fingerprint density at radius 1 is 0.881 bits per heavy atom. The molecule has 0 aliphatic heterocycles. The zero-order chi connectivity index (χ0) is 29.6. The topological polar surface area (TPSA) is 158 Å². The summed E-state index contributed by atoms with van der Waals surface area (Å²) in [4.78, 5) is 49.0. The third-order valence-corrected chi connectivity index (χ3v) is 6.73. The van der Waals surface area contributed by atoms with Crippen LogP contribution in [-0.4, -0.2) is 22.8 Å². The van der Waals surface area contributed by atoms with Gasteiger partial charge in [0.2, 0.25) is 5.91 Å². The van der Waals surface area contributed by atoms with Gasteiger partial charge in [-0.2, -0.15) is 0 Å². The van der Waals surface area contributed by atoms with Crippen LogP contribution < -0.4 is 21.8 Å². The highest BCUT2D eigenvalue weighted by Gasteiger charge is 2.21. The van der Waals surface area contributed by atoms with Crippen LogP contribution in [0.4, 0.5) is 11.4 Å². The first-order valence-corrected chi connectivity index (χ1v) is 13.1. The molecule has 4 aromatic carbocycles. The third kappa shape index (κ3) is 6.34. The third-order valence-electron chi connectivity index (χ3n) is 6.73. The molecule has 1 aromatic heterocycles. The fourth-order valence-corrected chi connectivity index (χ4v) is 4.52. The van der Waals surface area contributed by atoms with Gasteiger partial charge in [0.05, 0.1) is 10.3 Å². The van der Waals surface area contributed by atoms with Gasteiger partial charge in [-0.1, -0.05) is 72.8 Å². The average molecular weight is 563 g/mol. The van der Waals surface area contributed by atoms with Crippen molar-refractivity contribution in [3.05, 3.63) is 140 Å². The lowest BCUT2D eigenvalue weighted by Gasteiger charge is -2.16. The maximum Gasteiger partial charge on any atom is 0.293 e. The van der Waals surface area contributed by atoms with Crippen LogP contribution in [0.2, 0.25) is 0 Å². The summed E-state index contributed by atoms with van der Waals surface area (Å²) < 4.78 is 5.99. The number of primary amides is 1. The standard InChI is InChI=1S/C32H26N4O6/c33-31(38)26(15-20-7-3-1-4-8-20)35-32(39)23-13-11-22(12-14-23)29-18-28(37)24-16-27(36(40)41)25(17-30(24)42-29)34-19-21-9-5-2-6-10-21/h1-14,16-18,26,34H,15,19H2,(H2,33,38)(H,35,39)/t26-/m0/s1. The SMILES string of the molecule is NC(=O)[C@H](Cc1ccccc1)NC(=O)c1ccc(-c2cc(=O)c3cc([N+](=O)[O-])c(NCc4ccccc4)cc3o2)cc1. The molecule has 210 valence electrons. The van der Waals surface area contributed by atoms with E-state index in [0.717, 1.165) is 11.1 Å². The van der Waals surface area contributed by atoms with E-state index in [0.29, 0.717) is 12.1 Å². The Labute approximate surface area is 239 Å². The van der Waals surface area contributed by atoms with E-state index in [1.807, 2.05) is 60.7 Å². The van der Waals surface area contributed by atoms with Crippen LogP contribution >= 0.6 is 0 Å². The number of hydrogen-bond acceptors (Lipinski definition) is 7. The Morgan fingerprint density at radius 2 is 1.52 bits per heavy atom. The second-order valence-electron chi connectivity index (χ2n) is 9.63. The molecule has 0 aliphatic carbocycles. The minimum absolute atomic E-state index is 0.0719. The summed E-state index contributed by atoms with van der Waals surface area (Å²) in [5, 5.41) is 17.5. The minimum atomic E-state index is -0.896. The predicted octanol–water partition coefficient (Wildman–Crippen LogP) is 4.81. The summed E-state index contributed by atoms with van der Waals surface area (Å²) in [6, 6.07) is 27.9. The number of nitro groups is 1. The molecule has 0 spiro atoms. The van der Waals surface area contributed by atoms with Crippen LogP contribution in [0, 0.1) is 10.1 Å². The molecule has 1 atom stereocenters. The lowest BCUT2D eigenvalue weighted by Crippen LogP contribution is -2.45. The van der Waals surface area contributed by atoms with Crippen LogP contribution in [0.5, 0.6) is 0 Å². The number of nitro benzene ring substituents is 1. The molecule has 0 fully saturated rings. The monoisotopic (exact) mass is 562 g/mol. The van der Waals surface area contributed by atoms with E-state index < -0.39 is 28.2 Å². The number of carbonyl (C=O) groups is 2. The van der Waals surface area contributed by atoms with Gasteiger partial charge in [0, 0.05) is 42.3 Å². The van der Waals surface area contributed by atoms with Gasteiger partial charge in [0.15, 0.2) is 5.43 Å².